The molecule has 0 bridgehead atoms. The average Bonchev–Trinajstić information content (AvgIpc) is 3.10. The largest absolute Gasteiger partial charge is 0.338 e. The molecule has 2 atom stereocenters. The first kappa shape index (κ1) is 15.5. The van der Waals surface area contributed by atoms with Crippen molar-refractivity contribution in [1.82, 2.24) is 14.7 Å². The minimum absolute atomic E-state index is 0.0186. The van der Waals surface area contributed by atoms with E-state index in [2.05, 4.69) is 5.10 Å². The molecule has 22 heavy (non-hydrogen) atoms. The molecule has 2 saturated heterocycles. The number of nitrogens with zero attached hydrogens (tertiary/aromatic N) is 3. The summed E-state index contributed by atoms with van der Waals surface area (Å²) in [5.41, 5.74) is 2.08. The number of rotatable bonds is 3. The second-order valence-corrected chi connectivity index (χ2v) is 8.77. The number of hydrogen-bond donors (Lipinski definition) is 0. The van der Waals surface area contributed by atoms with Crippen LogP contribution in [-0.2, 0) is 21.2 Å². The first-order valence-corrected chi connectivity index (χ1v) is 9.70. The van der Waals surface area contributed by atoms with Crippen molar-refractivity contribution >= 4 is 15.7 Å². The first-order valence-electron chi connectivity index (χ1n) is 7.88. The van der Waals surface area contributed by atoms with Crippen LogP contribution in [-0.4, -0.2) is 53.1 Å². The third-order valence-electron chi connectivity index (χ3n) is 4.73. The van der Waals surface area contributed by atoms with Crippen LogP contribution in [0.4, 0.5) is 0 Å². The summed E-state index contributed by atoms with van der Waals surface area (Å²) in [5, 5.41) is 4.47. The van der Waals surface area contributed by atoms with Crippen LogP contribution in [0.2, 0.25) is 0 Å². The SMILES string of the molecule is Cc1cc(C)n(C[C@H]2CCCN2C(=O)[C@@H]2CCS(=O)(=O)C2)n1. The van der Waals surface area contributed by atoms with Gasteiger partial charge in [-0.1, -0.05) is 0 Å². The van der Waals surface area contributed by atoms with Crippen LogP contribution >= 0.6 is 0 Å². The van der Waals surface area contributed by atoms with Gasteiger partial charge in [-0.05, 0) is 39.2 Å². The smallest absolute Gasteiger partial charge is 0.227 e. The van der Waals surface area contributed by atoms with E-state index in [9.17, 15) is 13.2 Å². The molecule has 0 radical (unpaired) electrons. The molecule has 6 nitrogen and oxygen atoms in total. The molecule has 1 amide bonds. The molecule has 0 aromatic carbocycles. The van der Waals surface area contributed by atoms with Crippen molar-refractivity contribution in [2.75, 3.05) is 18.1 Å². The van der Waals surface area contributed by atoms with Crippen molar-refractivity contribution in [3.63, 3.8) is 0 Å². The maximum absolute atomic E-state index is 12.7. The van der Waals surface area contributed by atoms with Crippen molar-refractivity contribution in [3.8, 4) is 0 Å². The summed E-state index contributed by atoms with van der Waals surface area (Å²) in [5.74, 6) is -0.148. The Labute approximate surface area is 131 Å². The van der Waals surface area contributed by atoms with E-state index in [1.165, 1.54) is 0 Å². The maximum atomic E-state index is 12.7. The summed E-state index contributed by atoms with van der Waals surface area (Å²) in [6, 6.07) is 2.17. The predicted octanol–water partition coefficient (Wildman–Crippen LogP) is 0.926. The molecule has 1 aromatic rings. The highest BCUT2D eigenvalue weighted by Crippen LogP contribution is 2.26. The van der Waals surface area contributed by atoms with Crippen LogP contribution in [0.25, 0.3) is 0 Å². The zero-order chi connectivity index (χ0) is 15.9. The van der Waals surface area contributed by atoms with Gasteiger partial charge in [0.1, 0.15) is 0 Å². The highest BCUT2D eigenvalue weighted by atomic mass is 32.2. The molecular weight excluding hydrogens is 302 g/mol. The molecule has 0 unspecified atom stereocenters. The molecule has 2 aliphatic heterocycles. The molecule has 2 fully saturated rings. The van der Waals surface area contributed by atoms with Crippen molar-refractivity contribution < 1.29 is 13.2 Å². The minimum atomic E-state index is -3.01. The molecule has 3 heterocycles. The summed E-state index contributed by atoms with van der Waals surface area (Å²) in [6.07, 6.45) is 2.42. The van der Waals surface area contributed by atoms with Gasteiger partial charge in [0, 0.05) is 12.2 Å². The van der Waals surface area contributed by atoms with Gasteiger partial charge in [0.2, 0.25) is 5.91 Å². The van der Waals surface area contributed by atoms with E-state index in [0.29, 0.717) is 13.0 Å². The third kappa shape index (κ3) is 3.04. The van der Waals surface area contributed by atoms with Gasteiger partial charge in [0.15, 0.2) is 9.84 Å². The van der Waals surface area contributed by atoms with Gasteiger partial charge in [0.25, 0.3) is 0 Å². The summed E-state index contributed by atoms with van der Waals surface area (Å²) in [4.78, 5) is 14.5. The van der Waals surface area contributed by atoms with Crippen LogP contribution in [0, 0.1) is 19.8 Å². The van der Waals surface area contributed by atoms with Gasteiger partial charge in [-0.2, -0.15) is 5.10 Å². The number of sulfone groups is 1. The van der Waals surface area contributed by atoms with Crippen molar-refractivity contribution in [1.29, 1.82) is 0 Å². The van der Waals surface area contributed by atoms with Crippen LogP contribution in [0.1, 0.15) is 30.7 Å². The molecule has 0 N–H and O–H groups in total. The topological polar surface area (TPSA) is 72.3 Å². The van der Waals surface area contributed by atoms with E-state index >= 15 is 0 Å². The highest BCUT2D eigenvalue weighted by Gasteiger charge is 2.39. The summed E-state index contributed by atoms with van der Waals surface area (Å²) < 4.78 is 25.1. The van der Waals surface area contributed by atoms with Gasteiger partial charge >= 0.3 is 0 Å². The molecule has 3 rings (SSSR count). The third-order valence-corrected chi connectivity index (χ3v) is 6.50. The van der Waals surface area contributed by atoms with Crippen LogP contribution in [0.5, 0.6) is 0 Å². The molecule has 0 spiro atoms. The summed E-state index contributed by atoms with van der Waals surface area (Å²) >= 11 is 0. The number of hydrogen-bond acceptors (Lipinski definition) is 4. The number of aryl methyl sites for hydroxylation is 2. The van der Waals surface area contributed by atoms with Gasteiger partial charge in [-0.15, -0.1) is 0 Å². The Balaban J connectivity index is 1.70. The van der Waals surface area contributed by atoms with E-state index in [1.807, 2.05) is 29.5 Å². The zero-order valence-corrected chi connectivity index (χ0v) is 14.0. The Hall–Kier alpha value is -1.37. The fourth-order valence-electron chi connectivity index (χ4n) is 3.60. The Bertz CT molecular complexity index is 680. The second-order valence-electron chi connectivity index (χ2n) is 6.54. The molecule has 7 heteroatoms. The van der Waals surface area contributed by atoms with Gasteiger partial charge in [-0.25, -0.2) is 8.42 Å². The fourth-order valence-corrected chi connectivity index (χ4v) is 5.33. The van der Waals surface area contributed by atoms with Crippen molar-refractivity contribution in [3.05, 3.63) is 17.5 Å². The Kier molecular flexibility index (Phi) is 4.01. The molecule has 0 aliphatic carbocycles. The van der Waals surface area contributed by atoms with E-state index < -0.39 is 9.84 Å². The summed E-state index contributed by atoms with van der Waals surface area (Å²) in [7, 11) is -3.01. The minimum Gasteiger partial charge on any atom is -0.338 e. The van der Waals surface area contributed by atoms with Crippen LogP contribution < -0.4 is 0 Å². The average molecular weight is 325 g/mol. The van der Waals surface area contributed by atoms with Crippen molar-refractivity contribution in [2.45, 2.75) is 45.7 Å². The number of carbonyl (C=O) groups is 1. The van der Waals surface area contributed by atoms with Gasteiger partial charge in [0.05, 0.1) is 35.7 Å². The van der Waals surface area contributed by atoms with E-state index in [4.69, 9.17) is 0 Å². The molecular formula is C15H23N3O3S. The van der Waals surface area contributed by atoms with Crippen molar-refractivity contribution in [2.24, 2.45) is 5.92 Å². The molecule has 0 saturated carbocycles. The molecule has 1 aromatic heterocycles. The van der Waals surface area contributed by atoms with E-state index in [1.54, 1.807) is 0 Å². The lowest BCUT2D eigenvalue weighted by Gasteiger charge is -2.27. The quantitative estimate of drug-likeness (QED) is 0.828. The summed E-state index contributed by atoms with van der Waals surface area (Å²) in [6.45, 7) is 5.42. The van der Waals surface area contributed by atoms with Gasteiger partial charge in [-0.3, -0.25) is 9.48 Å². The van der Waals surface area contributed by atoms with E-state index in [0.717, 1.165) is 30.8 Å². The molecule has 2 aliphatic rings. The predicted molar refractivity (Wildman–Crippen MR) is 83.2 cm³/mol. The van der Waals surface area contributed by atoms with Crippen LogP contribution in [0.15, 0.2) is 6.07 Å². The Morgan fingerprint density at radius 3 is 2.73 bits per heavy atom. The maximum Gasteiger partial charge on any atom is 0.227 e. The monoisotopic (exact) mass is 325 g/mol. The number of likely N-dealkylation sites (tertiary alicyclic amines) is 1. The lowest BCUT2D eigenvalue weighted by molar-refractivity contribution is -0.135. The number of aromatic nitrogens is 2. The fraction of sp³-hybridized carbons (Fsp3) is 0.733. The zero-order valence-electron chi connectivity index (χ0n) is 13.2. The highest BCUT2D eigenvalue weighted by molar-refractivity contribution is 7.91. The van der Waals surface area contributed by atoms with Gasteiger partial charge < -0.3 is 4.90 Å². The standard InChI is InChI=1S/C15H23N3O3S/c1-11-8-12(2)18(16-11)9-14-4-3-6-17(14)15(19)13-5-7-22(20,21)10-13/h8,13-14H,3-7,9-10H2,1-2H3/t13-,14-/m1/s1. The normalized spacial score (nSPS) is 27.5. The number of carbonyl (C=O) groups excluding carboxylic acids is 1. The Morgan fingerprint density at radius 2 is 2.14 bits per heavy atom. The lowest BCUT2D eigenvalue weighted by atomic mass is 10.1. The lowest BCUT2D eigenvalue weighted by Crippen LogP contribution is -2.42. The first-order chi connectivity index (χ1) is 10.4. The number of amides is 1. The molecule has 122 valence electrons. The van der Waals surface area contributed by atoms with Crippen LogP contribution in [0.3, 0.4) is 0 Å². The Morgan fingerprint density at radius 1 is 1.36 bits per heavy atom. The van der Waals surface area contributed by atoms with E-state index in [-0.39, 0.29) is 29.4 Å². The second kappa shape index (κ2) is 5.68.